The van der Waals surface area contributed by atoms with Gasteiger partial charge in [-0.15, -0.1) is 0 Å². The van der Waals surface area contributed by atoms with Gasteiger partial charge in [0.1, 0.15) is 11.2 Å². The van der Waals surface area contributed by atoms with Crippen LogP contribution in [0.4, 0.5) is 17.1 Å². The topological polar surface area (TPSA) is 21.3 Å². The maximum atomic E-state index is 6.79. The van der Waals surface area contributed by atoms with Crippen molar-refractivity contribution in [3.05, 3.63) is 277 Å². The summed E-state index contributed by atoms with van der Waals surface area (Å²) in [7, 11) is 0. The summed E-state index contributed by atoms with van der Waals surface area (Å²) in [6, 6.07) is 93.7. The van der Waals surface area contributed by atoms with Crippen LogP contribution in [0.15, 0.2) is 259 Å². The summed E-state index contributed by atoms with van der Waals surface area (Å²) in [6.45, 7) is 0. The fourth-order valence-corrected chi connectivity index (χ4v) is 12.4. The SMILES string of the molecule is c1ccc(-c2cccc(-c3ccccc3N(c3ccc4c(c3)C3(c5ccccc5-4)c4ccccc4-n4c5ccccc5c5cccc3c54)c3ccccc3-c3cccc4c3oc3ccccc34)c2)cc1. The molecule has 1 spiro atoms. The fourth-order valence-electron chi connectivity index (χ4n) is 12.4. The van der Waals surface area contributed by atoms with Crippen molar-refractivity contribution in [2.24, 2.45) is 0 Å². The third-order valence-corrected chi connectivity index (χ3v) is 15.2. The Labute approximate surface area is 405 Å². The van der Waals surface area contributed by atoms with Crippen molar-refractivity contribution < 1.29 is 4.42 Å². The van der Waals surface area contributed by atoms with Gasteiger partial charge in [-0.3, -0.25) is 0 Å². The van der Waals surface area contributed by atoms with Crippen LogP contribution < -0.4 is 4.90 Å². The molecule has 1 unspecified atom stereocenters. The zero-order valence-corrected chi connectivity index (χ0v) is 38.1. The number of nitrogens with zero attached hydrogens (tertiary/aromatic N) is 2. The van der Waals surface area contributed by atoms with Gasteiger partial charge in [0, 0.05) is 43.9 Å². The lowest BCUT2D eigenvalue weighted by Gasteiger charge is -2.40. The molecule has 3 heteroatoms. The lowest BCUT2D eigenvalue weighted by Crippen LogP contribution is -2.33. The molecule has 1 atom stereocenters. The maximum absolute atomic E-state index is 6.79. The fraction of sp³-hybridized carbons (Fsp3) is 0.0149. The van der Waals surface area contributed by atoms with Crippen LogP contribution in [0, 0.1) is 0 Å². The van der Waals surface area contributed by atoms with Crippen molar-refractivity contribution in [1.29, 1.82) is 0 Å². The molecular formula is C67H42N2O. The number of rotatable bonds is 6. The second kappa shape index (κ2) is 14.9. The molecule has 2 aliphatic rings. The van der Waals surface area contributed by atoms with Gasteiger partial charge in [0.05, 0.1) is 33.5 Å². The molecular weight excluding hydrogens is 849 g/mol. The second-order valence-corrected chi connectivity index (χ2v) is 18.7. The van der Waals surface area contributed by atoms with E-state index in [0.29, 0.717) is 0 Å². The van der Waals surface area contributed by atoms with Crippen molar-refractivity contribution in [3.8, 4) is 50.2 Å². The Kier molecular flexibility index (Phi) is 8.28. The van der Waals surface area contributed by atoms with Gasteiger partial charge in [-0.05, 0) is 98.6 Å². The summed E-state index contributed by atoms with van der Waals surface area (Å²) < 4.78 is 9.31. The molecule has 2 aromatic heterocycles. The van der Waals surface area contributed by atoms with Crippen molar-refractivity contribution in [3.63, 3.8) is 0 Å². The highest BCUT2D eigenvalue weighted by molar-refractivity contribution is 6.14. The van der Waals surface area contributed by atoms with Crippen LogP contribution in [0.25, 0.3) is 93.9 Å². The quantitative estimate of drug-likeness (QED) is 0.166. The van der Waals surface area contributed by atoms with E-state index in [2.05, 4.69) is 258 Å². The average molecular weight is 891 g/mol. The van der Waals surface area contributed by atoms with E-state index in [4.69, 9.17) is 4.42 Å². The molecule has 0 saturated carbocycles. The summed E-state index contributed by atoms with van der Waals surface area (Å²) in [4.78, 5) is 2.50. The Balaban J connectivity index is 1.03. The van der Waals surface area contributed by atoms with Gasteiger partial charge in [0.15, 0.2) is 0 Å². The highest BCUT2D eigenvalue weighted by Crippen LogP contribution is 2.62. The Bertz CT molecular complexity index is 4270. The van der Waals surface area contributed by atoms with E-state index >= 15 is 0 Å². The number of fused-ring (bicyclic) bond motifs is 15. The predicted octanol–water partition coefficient (Wildman–Crippen LogP) is 17.8. The first-order valence-corrected chi connectivity index (χ1v) is 24.2. The van der Waals surface area contributed by atoms with Crippen LogP contribution >= 0.6 is 0 Å². The molecule has 3 heterocycles. The maximum Gasteiger partial charge on any atom is 0.143 e. The summed E-state index contributed by atoms with van der Waals surface area (Å²) in [5.41, 5.74) is 22.5. The number of aromatic nitrogens is 1. The number of hydrogen-bond acceptors (Lipinski definition) is 2. The van der Waals surface area contributed by atoms with Crippen molar-refractivity contribution in [1.82, 2.24) is 4.57 Å². The highest BCUT2D eigenvalue weighted by atomic mass is 16.3. The van der Waals surface area contributed by atoms with Crippen LogP contribution in [0.5, 0.6) is 0 Å². The number of anilines is 3. The van der Waals surface area contributed by atoms with Gasteiger partial charge in [0.25, 0.3) is 0 Å². The van der Waals surface area contributed by atoms with E-state index in [9.17, 15) is 0 Å². The summed E-state index contributed by atoms with van der Waals surface area (Å²) in [5, 5.41) is 4.75. The molecule has 3 nitrogen and oxygen atoms in total. The number of hydrogen-bond donors (Lipinski definition) is 0. The van der Waals surface area contributed by atoms with Gasteiger partial charge >= 0.3 is 0 Å². The van der Waals surface area contributed by atoms with E-state index in [-0.39, 0.29) is 0 Å². The van der Waals surface area contributed by atoms with Gasteiger partial charge in [-0.25, -0.2) is 0 Å². The monoisotopic (exact) mass is 890 g/mol. The van der Waals surface area contributed by atoms with Crippen molar-refractivity contribution in [2.75, 3.05) is 4.90 Å². The largest absolute Gasteiger partial charge is 0.455 e. The van der Waals surface area contributed by atoms with Gasteiger partial charge < -0.3 is 13.9 Å². The number of benzene rings is 11. The van der Waals surface area contributed by atoms with E-state index in [1.807, 2.05) is 6.07 Å². The molecule has 0 bridgehead atoms. The molecule has 1 aliphatic heterocycles. The summed E-state index contributed by atoms with van der Waals surface area (Å²) in [6.07, 6.45) is 0. The number of furan rings is 1. The molecule has 11 aromatic carbocycles. The summed E-state index contributed by atoms with van der Waals surface area (Å²) in [5.74, 6) is 0. The number of para-hydroxylation sites is 7. The summed E-state index contributed by atoms with van der Waals surface area (Å²) >= 11 is 0. The molecule has 15 rings (SSSR count). The molecule has 1 aliphatic carbocycles. The first-order chi connectivity index (χ1) is 34.8. The molecule has 326 valence electrons. The third-order valence-electron chi connectivity index (χ3n) is 15.2. The van der Waals surface area contributed by atoms with Gasteiger partial charge in [-0.2, -0.15) is 0 Å². The third kappa shape index (κ3) is 5.34. The van der Waals surface area contributed by atoms with Crippen LogP contribution in [0.3, 0.4) is 0 Å². The van der Waals surface area contributed by atoms with Crippen LogP contribution in [0.2, 0.25) is 0 Å². The van der Waals surface area contributed by atoms with Crippen LogP contribution in [-0.4, -0.2) is 4.57 Å². The molecule has 0 N–H and O–H groups in total. The predicted molar refractivity (Wildman–Crippen MR) is 290 cm³/mol. The minimum Gasteiger partial charge on any atom is -0.455 e. The van der Waals surface area contributed by atoms with E-state index in [0.717, 1.165) is 61.3 Å². The minimum atomic E-state index is -0.614. The smallest absolute Gasteiger partial charge is 0.143 e. The van der Waals surface area contributed by atoms with Crippen LogP contribution in [0.1, 0.15) is 22.3 Å². The Morgan fingerprint density at radius 1 is 0.343 bits per heavy atom. The molecule has 0 amide bonds. The Morgan fingerprint density at radius 3 is 1.81 bits per heavy atom. The first kappa shape index (κ1) is 38.9. The Hall–Kier alpha value is -9.18. The van der Waals surface area contributed by atoms with Crippen LogP contribution in [-0.2, 0) is 5.41 Å². The zero-order chi connectivity index (χ0) is 45.9. The highest BCUT2D eigenvalue weighted by Gasteiger charge is 2.51. The standard InChI is InChI=1S/C67H42N2O/c1-2-19-43(20-3-1)44-21-16-22-45(41-44)47-23-5-11-34-60(47)68(61-35-12-7-26-51(61)54-29-17-30-55-52-27-8-15-38-64(52)70-66(54)55)46-39-40-49-48-24-4-9-31-56(48)67(59(49)42-46)57-32-10-14-37-63(57)69-62-36-13-6-25-50(62)53-28-18-33-58(67)65(53)69/h1-42H. The van der Waals surface area contributed by atoms with E-state index in [1.54, 1.807) is 0 Å². The van der Waals surface area contributed by atoms with Gasteiger partial charge in [-0.1, -0.05) is 206 Å². The zero-order valence-electron chi connectivity index (χ0n) is 38.1. The average Bonchev–Trinajstić information content (AvgIpc) is 4.08. The van der Waals surface area contributed by atoms with Gasteiger partial charge in [0.2, 0.25) is 0 Å². The van der Waals surface area contributed by atoms with Crippen molar-refractivity contribution >= 4 is 60.8 Å². The lowest BCUT2D eigenvalue weighted by molar-refractivity contribution is 0.670. The first-order valence-electron chi connectivity index (χ1n) is 24.2. The lowest BCUT2D eigenvalue weighted by atomic mass is 9.65. The molecule has 70 heavy (non-hydrogen) atoms. The van der Waals surface area contributed by atoms with Crippen molar-refractivity contribution in [2.45, 2.75) is 5.41 Å². The minimum absolute atomic E-state index is 0.614. The molecule has 0 fully saturated rings. The second-order valence-electron chi connectivity index (χ2n) is 18.7. The molecule has 13 aromatic rings. The Morgan fingerprint density at radius 2 is 0.929 bits per heavy atom. The molecule has 0 saturated heterocycles. The van der Waals surface area contributed by atoms with E-state index < -0.39 is 5.41 Å². The normalized spacial score (nSPS) is 14.3. The van der Waals surface area contributed by atoms with E-state index in [1.165, 1.54) is 72.0 Å². The molecule has 0 radical (unpaired) electrons.